The Morgan fingerprint density at radius 3 is 2.94 bits per heavy atom. The fourth-order valence-electron chi connectivity index (χ4n) is 1.96. The van der Waals surface area contributed by atoms with Gasteiger partial charge < -0.3 is 10.6 Å². The van der Waals surface area contributed by atoms with Gasteiger partial charge in [0.15, 0.2) is 0 Å². The van der Waals surface area contributed by atoms with Crippen molar-refractivity contribution in [3.8, 4) is 0 Å². The van der Waals surface area contributed by atoms with Crippen LogP contribution in [0.2, 0.25) is 0 Å². The third-order valence-electron chi connectivity index (χ3n) is 2.82. The van der Waals surface area contributed by atoms with Gasteiger partial charge in [-0.05, 0) is 12.8 Å². The predicted molar refractivity (Wildman–Crippen MR) is 58.6 cm³/mol. The van der Waals surface area contributed by atoms with Gasteiger partial charge in [0.1, 0.15) is 12.2 Å². The maximum absolute atomic E-state index is 11.5. The van der Waals surface area contributed by atoms with E-state index in [-0.39, 0.29) is 6.03 Å². The minimum Gasteiger partial charge on any atom is -0.335 e. The molecule has 1 aromatic rings. The van der Waals surface area contributed by atoms with E-state index < -0.39 is 0 Å². The van der Waals surface area contributed by atoms with Crippen LogP contribution in [-0.4, -0.2) is 27.3 Å². The Bertz CT molecular complexity index is 318. The highest BCUT2D eigenvalue weighted by atomic mass is 16.2. The lowest BCUT2D eigenvalue weighted by molar-refractivity contribution is 0.232. The van der Waals surface area contributed by atoms with Crippen molar-refractivity contribution in [1.82, 2.24) is 25.8 Å². The fourth-order valence-corrected chi connectivity index (χ4v) is 1.96. The summed E-state index contributed by atoms with van der Waals surface area (Å²) in [4.78, 5) is 15.4. The molecule has 0 bridgehead atoms. The van der Waals surface area contributed by atoms with Gasteiger partial charge in [0.05, 0.1) is 6.54 Å². The van der Waals surface area contributed by atoms with Gasteiger partial charge in [-0.3, -0.25) is 5.10 Å². The van der Waals surface area contributed by atoms with Gasteiger partial charge in [0.2, 0.25) is 0 Å². The molecule has 1 aliphatic rings. The molecule has 0 atom stereocenters. The highest BCUT2D eigenvalue weighted by Gasteiger charge is 2.15. The molecule has 2 amide bonds. The van der Waals surface area contributed by atoms with Crippen LogP contribution in [0.4, 0.5) is 4.79 Å². The van der Waals surface area contributed by atoms with Crippen molar-refractivity contribution in [3.05, 3.63) is 12.2 Å². The first-order valence-corrected chi connectivity index (χ1v) is 5.73. The molecule has 1 heterocycles. The van der Waals surface area contributed by atoms with Gasteiger partial charge in [-0.15, -0.1) is 0 Å². The van der Waals surface area contributed by atoms with E-state index in [1.54, 1.807) is 0 Å². The molecule has 3 N–H and O–H groups in total. The minimum absolute atomic E-state index is 0.122. The van der Waals surface area contributed by atoms with Gasteiger partial charge in [0, 0.05) is 6.04 Å². The Morgan fingerprint density at radius 1 is 1.44 bits per heavy atom. The van der Waals surface area contributed by atoms with Gasteiger partial charge in [-0.1, -0.05) is 19.3 Å². The Hall–Kier alpha value is -1.59. The van der Waals surface area contributed by atoms with Crippen LogP contribution in [-0.2, 0) is 6.54 Å². The van der Waals surface area contributed by atoms with E-state index in [2.05, 4.69) is 25.8 Å². The second-order valence-corrected chi connectivity index (χ2v) is 4.09. The zero-order chi connectivity index (χ0) is 11.2. The summed E-state index contributed by atoms with van der Waals surface area (Å²) in [5.41, 5.74) is 0. The smallest absolute Gasteiger partial charge is 0.315 e. The van der Waals surface area contributed by atoms with Crippen molar-refractivity contribution in [1.29, 1.82) is 0 Å². The molecule has 6 heteroatoms. The molecule has 16 heavy (non-hydrogen) atoms. The quantitative estimate of drug-likeness (QED) is 0.713. The van der Waals surface area contributed by atoms with Crippen LogP contribution < -0.4 is 10.6 Å². The Morgan fingerprint density at radius 2 is 2.25 bits per heavy atom. The number of carbonyl (C=O) groups is 1. The number of H-pyrrole nitrogens is 1. The summed E-state index contributed by atoms with van der Waals surface area (Å²) < 4.78 is 0. The zero-order valence-corrected chi connectivity index (χ0v) is 9.20. The maximum atomic E-state index is 11.5. The topological polar surface area (TPSA) is 82.7 Å². The summed E-state index contributed by atoms with van der Waals surface area (Å²) in [5, 5.41) is 12.1. The van der Waals surface area contributed by atoms with Crippen molar-refractivity contribution in [2.24, 2.45) is 0 Å². The van der Waals surface area contributed by atoms with Crippen LogP contribution in [0, 0.1) is 0 Å². The third kappa shape index (κ3) is 3.22. The molecule has 88 valence electrons. The number of urea groups is 1. The molecule has 0 radical (unpaired) electrons. The molecular formula is C10H17N5O. The van der Waals surface area contributed by atoms with Crippen LogP contribution in [0.3, 0.4) is 0 Å². The SMILES string of the molecule is O=C(NCc1ncn[nH]1)NC1CCCCC1. The number of nitrogens with one attached hydrogen (secondary N) is 3. The Labute approximate surface area is 94.2 Å². The molecule has 1 saturated carbocycles. The molecule has 0 spiro atoms. The summed E-state index contributed by atoms with van der Waals surface area (Å²) in [7, 11) is 0. The number of amides is 2. The van der Waals surface area contributed by atoms with Crippen LogP contribution >= 0.6 is 0 Å². The lowest BCUT2D eigenvalue weighted by atomic mass is 9.96. The first-order valence-electron chi connectivity index (χ1n) is 5.73. The fraction of sp³-hybridized carbons (Fsp3) is 0.700. The van der Waals surface area contributed by atoms with Crippen molar-refractivity contribution >= 4 is 6.03 Å². The average molecular weight is 223 g/mol. The zero-order valence-electron chi connectivity index (χ0n) is 9.20. The molecule has 2 rings (SSSR count). The standard InChI is InChI=1S/C10H17N5O/c16-10(11-6-9-12-7-13-15-9)14-8-4-2-1-3-5-8/h7-8H,1-6H2,(H2,11,14,16)(H,12,13,15). The van der Waals surface area contributed by atoms with Gasteiger partial charge in [-0.25, -0.2) is 9.78 Å². The number of rotatable bonds is 3. The number of hydrogen-bond acceptors (Lipinski definition) is 3. The third-order valence-corrected chi connectivity index (χ3v) is 2.82. The highest BCUT2D eigenvalue weighted by Crippen LogP contribution is 2.17. The van der Waals surface area contributed by atoms with Gasteiger partial charge in [0.25, 0.3) is 0 Å². The summed E-state index contributed by atoms with van der Waals surface area (Å²) >= 11 is 0. The number of carbonyl (C=O) groups excluding carboxylic acids is 1. The van der Waals surface area contributed by atoms with Gasteiger partial charge in [-0.2, -0.15) is 5.10 Å². The van der Waals surface area contributed by atoms with Crippen LogP contribution in [0.25, 0.3) is 0 Å². The molecule has 1 aromatic heterocycles. The second-order valence-electron chi connectivity index (χ2n) is 4.09. The minimum atomic E-state index is -0.122. The first-order chi connectivity index (χ1) is 7.84. The molecule has 0 saturated heterocycles. The highest BCUT2D eigenvalue weighted by molar-refractivity contribution is 5.74. The molecule has 6 nitrogen and oxygen atoms in total. The number of nitrogens with zero attached hydrogens (tertiary/aromatic N) is 2. The second kappa shape index (κ2) is 5.48. The van der Waals surface area contributed by atoms with Crippen LogP contribution in [0.5, 0.6) is 0 Å². The number of aromatic amines is 1. The summed E-state index contributed by atoms with van der Waals surface area (Å²) in [6, 6.07) is 0.215. The average Bonchev–Trinajstić information content (AvgIpc) is 2.81. The first kappa shape index (κ1) is 10.9. The predicted octanol–water partition coefficient (Wildman–Crippen LogP) is 0.937. The largest absolute Gasteiger partial charge is 0.335 e. The van der Waals surface area contributed by atoms with E-state index in [0.29, 0.717) is 18.4 Å². The van der Waals surface area contributed by atoms with Crippen molar-refractivity contribution in [2.45, 2.75) is 44.7 Å². The Balaban J connectivity index is 1.67. The molecule has 1 aliphatic carbocycles. The van der Waals surface area contributed by atoms with E-state index in [1.807, 2.05) is 0 Å². The van der Waals surface area contributed by atoms with Crippen molar-refractivity contribution in [3.63, 3.8) is 0 Å². The number of hydrogen-bond donors (Lipinski definition) is 3. The molecule has 0 aliphatic heterocycles. The van der Waals surface area contributed by atoms with Gasteiger partial charge >= 0.3 is 6.03 Å². The molecule has 1 fully saturated rings. The molecule has 0 aromatic carbocycles. The maximum Gasteiger partial charge on any atom is 0.315 e. The van der Waals surface area contributed by atoms with E-state index in [9.17, 15) is 4.79 Å². The Kier molecular flexibility index (Phi) is 3.74. The monoisotopic (exact) mass is 223 g/mol. The van der Waals surface area contributed by atoms with E-state index >= 15 is 0 Å². The lowest BCUT2D eigenvalue weighted by Crippen LogP contribution is -2.42. The molecule has 0 unspecified atom stereocenters. The van der Waals surface area contributed by atoms with Crippen LogP contribution in [0.1, 0.15) is 37.9 Å². The van der Waals surface area contributed by atoms with E-state index in [0.717, 1.165) is 12.8 Å². The van der Waals surface area contributed by atoms with Crippen molar-refractivity contribution in [2.75, 3.05) is 0 Å². The van der Waals surface area contributed by atoms with Crippen LogP contribution in [0.15, 0.2) is 6.33 Å². The van der Waals surface area contributed by atoms with E-state index in [4.69, 9.17) is 0 Å². The van der Waals surface area contributed by atoms with E-state index in [1.165, 1.54) is 25.6 Å². The normalized spacial score (nSPS) is 17.0. The lowest BCUT2D eigenvalue weighted by Gasteiger charge is -2.22. The number of aromatic nitrogens is 3. The molecular weight excluding hydrogens is 206 g/mol. The summed E-state index contributed by atoms with van der Waals surface area (Å²) in [5.74, 6) is 0.666. The summed E-state index contributed by atoms with van der Waals surface area (Å²) in [6.07, 6.45) is 7.33. The summed E-state index contributed by atoms with van der Waals surface area (Å²) in [6.45, 7) is 0.387. The van der Waals surface area contributed by atoms with Crippen molar-refractivity contribution < 1.29 is 4.79 Å².